The van der Waals surface area contributed by atoms with Gasteiger partial charge in [-0.2, -0.15) is 0 Å². The molecular weight excluding hydrogens is 476 g/mol. The summed E-state index contributed by atoms with van der Waals surface area (Å²) < 4.78 is 11.5. The fourth-order valence-electron chi connectivity index (χ4n) is 4.68. The van der Waals surface area contributed by atoms with Crippen LogP contribution in [0.2, 0.25) is 0 Å². The normalized spacial score (nSPS) is 18.6. The van der Waals surface area contributed by atoms with Gasteiger partial charge in [-0.05, 0) is 41.9 Å². The molecule has 3 aromatic rings. The molecule has 0 aliphatic carbocycles. The summed E-state index contributed by atoms with van der Waals surface area (Å²) in [6, 6.07) is 29.1. The topological polar surface area (TPSA) is 80.0 Å². The Kier molecular flexibility index (Phi) is 9.93. The zero-order valence-electron chi connectivity index (χ0n) is 22.2. The summed E-state index contributed by atoms with van der Waals surface area (Å²) in [5.74, 6) is -0.278. The first-order valence-electron chi connectivity index (χ1n) is 13.5. The maximum Gasteiger partial charge on any atom is 0.408 e. The molecule has 0 bridgehead atoms. The second kappa shape index (κ2) is 13.8. The second-order valence-electron chi connectivity index (χ2n) is 10.0. The molecule has 3 aromatic carbocycles. The lowest BCUT2D eigenvalue weighted by atomic mass is 9.95. The summed E-state index contributed by atoms with van der Waals surface area (Å²) in [4.78, 5) is 26.1. The number of epoxide rings is 1. The molecule has 2 amide bonds. The van der Waals surface area contributed by atoms with Gasteiger partial charge in [-0.3, -0.25) is 4.79 Å². The van der Waals surface area contributed by atoms with Gasteiger partial charge in [0.25, 0.3) is 0 Å². The van der Waals surface area contributed by atoms with E-state index in [0.29, 0.717) is 6.42 Å². The van der Waals surface area contributed by atoms with E-state index < -0.39 is 12.1 Å². The fraction of sp³-hybridized carbons (Fsp3) is 0.375. The van der Waals surface area contributed by atoms with E-state index in [-0.39, 0.29) is 36.7 Å². The van der Waals surface area contributed by atoms with Gasteiger partial charge in [0.05, 0.1) is 12.1 Å². The van der Waals surface area contributed by atoms with Crippen molar-refractivity contribution in [1.29, 1.82) is 0 Å². The molecule has 4 rings (SSSR count). The summed E-state index contributed by atoms with van der Waals surface area (Å²) >= 11 is 0. The average Bonchev–Trinajstić information content (AvgIpc) is 3.74. The average molecular weight is 515 g/mol. The Bertz CT molecular complexity index is 1140. The first kappa shape index (κ1) is 27.4. The van der Waals surface area contributed by atoms with Crippen LogP contribution in [0.25, 0.3) is 0 Å². The quantitative estimate of drug-likeness (QED) is 0.297. The number of hydrogen-bond acceptors (Lipinski definition) is 4. The highest BCUT2D eigenvalue weighted by Crippen LogP contribution is 2.31. The third-order valence-electron chi connectivity index (χ3n) is 7.19. The van der Waals surface area contributed by atoms with Crippen LogP contribution in [-0.2, 0) is 33.7 Å². The van der Waals surface area contributed by atoms with Crippen molar-refractivity contribution in [3.63, 3.8) is 0 Å². The molecule has 1 aliphatic heterocycles. The van der Waals surface area contributed by atoms with E-state index in [1.54, 1.807) is 0 Å². The van der Waals surface area contributed by atoms with Crippen LogP contribution in [0.3, 0.4) is 0 Å². The Morgan fingerprint density at radius 2 is 1.42 bits per heavy atom. The number of ether oxygens (including phenoxy) is 2. The molecule has 5 atom stereocenters. The molecule has 6 nitrogen and oxygen atoms in total. The number of benzene rings is 3. The van der Waals surface area contributed by atoms with Crippen LogP contribution in [0.5, 0.6) is 0 Å². The second-order valence-corrected chi connectivity index (χ2v) is 10.0. The van der Waals surface area contributed by atoms with Crippen LogP contribution in [0.4, 0.5) is 4.79 Å². The summed E-state index contributed by atoms with van der Waals surface area (Å²) in [6.45, 7) is 4.12. The Labute approximate surface area is 225 Å². The number of rotatable bonds is 13. The maximum absolute atomic E-state index is 13.5. The van der Waals surface area contributed by atoms with Gasteiger partial charge in [0.1, 0.15) is 18.8 Å². The smallest absolute Gasteiger partial charge is 0.408 e. The van der Waals surface area contributed by atoms with Gasteiger partial charge in [-0.25, -0.2) is 4.79 Å². The summed E-state index contributed by atoms with van der Waals surface area (Å²) in [5.41, 5.74) is 3.30. The van der Waals surface area contributed by atoms with Gasteiger partial charge in [-0.15, -0.1) is 0 Å². The van der Waals surface area contributed by atoms with E-state index in [2.05, 4.69) is 34.9 Å². The highest BCUT2D eigenvalue weighted by Gasteiger charge is 2.45. The Balaban J connectivity index is 1.38. The lowest BCUT2D eigenvalue weighted by Crippen LogP contribution is -2.54. The number of alkyl carbamates (subject to hydrolysis) is 1. The van der Waals surface area contributed by atoms with Crippen LogP contribution in [0, 0.1) is 5.92 Å². The van der Waals surface area contributed by atoms with Gasteiger partial charge in [0, 0.05) is 0 Å². The van der Waals surface area contributed by atoms with Crippen molar-refractivity contribution in [2.75, 3.05) is 0 Å². The van der Waals surface area contributed by atoms with Crippen molar-refractivity contribution < 1.29 is 19.1 Å². The third kappa shape index (κ3) is 8.18. The summed E-state index contributed by atoms with van der Waals surface area (Å²) in [5, 5.41) is 6.03. The van der Waals surface area contributed by atoms with E-state index in [4.69, 9.17) is 9.47 Å². The molecule has 1 heterocycles. The standard InChI is InChI=1S/C32H38N2O4/c1-3-23(2)29(34-32(36)37-22-26-17-11-6-12-18-26)31(35)33-27(21-25-15-9-5-10-16-25)30-28(38-30)20-19-24-13-7-4-8-14-24/h4-18,23,27-30H,3,19-22H2,1-2H3,(H,33,35)(H,34,36)/t23-,27?,28?,29-,30?/m1/s1. The molecule has 6 heteroatoms. The van der Waals surface area contributed by atoms with Crippen molar-refractivity contribution in [2.45, 2.75) is 70.4 Å². The lowest BCUT2D eigenvalue weighted by Gasteiger charge is -2.26. The summed E-state index contributed by atoms with van der Waals surface area (Å²) in [7, 11) is 0. The minimum Gasteiger partial charge on any atom is -0.445 e. The molecule has 0 radical (unpaired) electrons. The Hall–Kier alpha value is -3.64. The zero-order chi connectivity index (χ0) is 26.7. The van der Waals surface area contributed by atoms with Crippen LogP contribution in [-0.4, -0.2) is 36.3 Å². The van der Waals surface area contributed by atoms with E-state index in [1.165, 1.54) is 5.56 Å². The van der Waals surface area contributed by atoms with Crippen LogP contribution >= 0.6 is 0 Å². The van der Waals surface area contributed by atoms with Crippen LogP contribution in [0.1, 0.15) is 43.4 Å². The number of hydrogen-bond donors (Lipinski definition) is 2. The van der Waals surface area contributed by atoms with Gasteiger partial charge in [-0.1, -0.05) is 111 Å². The first-order valence-corrected chi connectivity index (χ1v) is 13.5. The largest absolute Gasteiger partial charge is 0.445 e. The summed E-state index contributed by atoms with van der Waals surface area (Å²) in [6.07, 6.45) is 2.65. The highest BCUT2D eigenvalue weighted by atomic mass is 16.6. The van der Waals surface area contributed by atoms with E-state index in [0.717, 1.165) is 30.4 Å². The Morgan fingerprint density at radius 1 is 0.842 bits per heavy atom. The minimum absolute atomic E-state index is 0.0642. The van der Waals surface area contributed by atoms with Crippen molar-refractivity contribution in [3.05, 3.63) is 108 Å². The number of nitrogens with one attached hydrogen (secondary N) is 2. The molecule has 2 N–H and O–H groups in total. The zero-order valence-corrected chi connectivity index (χ0v) is 22.2. The lowest BCUT2D eigenvalue weighted by molar-refractivity contribution is -0.125. The molecule has 0 spiro atoms. The Morgan fingerprint density at radius 3 is 2.03 bits per heavy atom. The molecular formula is C32H38N2O4. The van der Waals surface area contributed by atoms with E-state index >= 15 is 0 Å². The van der Waals surface area contributed by atoms with Crippen molar-refractivity contribution in [1.82, 2.24) is 10.6 Å². The number of amides is 2. The number of aryl methyl sites for hydroxylation is 1. The van der Waals surface area contributed by atoms with Gasteiger partial charge in [0.2, 0.25) is 5.91 Å². The molecule has 1 fully saturated rings. The van der Waals surface area contributed by atoms with E-state index in [1.807, 2.05) is 80.6 Å². The molecule has 1 aliphatic rings. The number of carbonyl (C=O) groups excluding carboxylic acids is 2. The predicted octanol–water partition coefficient (Wildman–Crippen LogP) is 5.46. The van der Waals surface area contributed by atoms with Crippen molar-refractivity contribution >= 4 is 12.0 Å². The maximum atomic E-state index is 13.5. The van der Waals surface area contributed by atoms with E-state index in [9.17, 15) is 9.59 Å². The van der Waals surface area contributed by atoms with Gasteiger partial charge in [0.15, 0.2) is 0 Å². The monoisotopic (exact) mass is 514 g/mol. The third-order valence-corrected chi connectivity index (χ3v) is 7.19. The highest BCUT2D eigenvalue weighted by molar-refractivity contribution is 5.86. The SMILES string of the molecule is CC[C@@H](C)[C@@H](NC(=O)OCc1ccccc1)C(=O)NC(Cc1ccccc1)C1OC1CCc1ccccc1. The molecule has 200 valence electrons. The van der Waals surface area contributed by atoms with Crippen molar-refractivity contribution in [3.8, 4) is 0 Å². The molecule has 0 saturated carbocycles. The van der Waals surface area contributed by atoms with Crippen LogP contribution < -0.4 is 10.6 Å². The predicted molar refractivity (Wildman–Crippen MR) is 149 cm³/mol. The molecule has 0 aromatic heterocycles. The molecule has 1 saturated heterocycles. The fourth-order valence-corrected chi connectivity index (χ4v) is 4.68. The molecule has 3 unspecified atom stereocenters. The number of carbonyl (C=O) groups is 2. The van der Waals surface area contributed by atoms with Crippen LogP contribution in [0.15, 0.2) is 91.0 Å². The van der Waals surface area contributed by atoms with Crippen molar-refractivity contribution in [2.24, 2.45) is 5.92 Å². The first-order chi connectivity index (χ1) is 18.5. The van der Waals surface area contributed by atoms with Gasteiger partial charge < -0.3 is 20.1 Å². The molecule has 38 heavy (non-hydrogen) atoms. The minimum atomic E-state index is -0.705. The van der Waals surface area contributed by atoms with Gasteiger partial charge >= 0.3 is 6.09 Å².